The number of carbonyl (C=O) groups is 2. The molecule has 2 rings (SSSR count). The molecule has 0 heterocycles. The Labute approximate surface area is 116 Å². The van der Waals surface area contributed by atoms with Crippen molar-refractivity contribution < 1.29 is 18.7 Å². The molecule has 1 aliphatic rings. The van der Waals surface area contributed by atoms with Gasteiger partial charge in [0.05, 0.1) is 12.1 Å². The molecule has 1 aliphatic carbocycles. The van der Waals surface area contributed by atoms with Crippen LogP contribution in [0.4, 0.5) is 4.39 Å². The van der Waals surface area contributed by atoms with Crippen LogP contribution in [0.15, 0.2) is 12.1 Å². The fraction of sp³-hybridized carbons (Fsp3) is 0.333. The van der Waals surface area contributed by atoms with Crippen LogP contribution >= 0.6 is 0 Å². The number of Topliss-reactive ketones (excluding diaryl/α,β-unsaturated/α-hetero) is 1. The first-order valence-electron chi connectivity index (χ1n) is 6.23. The number of ketones is 1. The third-order valence-corrected chi connectivity index (χ3v) is 3.16. The van der Waals surface area contributed by atoms with Crippen LogP contribution in [-0.2, 0) is 4.79 Å². The number of hydrogen-bond donors (Lipinski definition) is 1. The first-order chi connectivity index (χ1) is 9.54. The first-order valence-corrected chi connectivity index (χ1v) is 6.23. The number of rotatable bonds is 4. The zero-order chi connectivity index (χ0) is 14.7. The topological polar surface area (TPSA) is 55.4 Å². The molecule has 0 unspecified atom stereocenters. The van der Waals surface area contributed by atoms with Crippen LogP contribution in [0, 0.1) is 18.2 Å². The van der Waals surface area contributed by atoms with Crippen molar-refractivity contribution in [3.8, 4) is 18.1 Å². The fourth-order valence-electron chi connectivity index (χ4n) is 2.29. The van der Waals surface area contributed by atoms with Crippen LogP contribution in [0.2, 0.25) is 0 Å². The SMILES string of the molecule is C#CCNC(=O)COc1ccc(F)c2c1C(=O)C[C@@H]2C. The third-order valence-electron chi connectivity index (χ3n) is 3.16. The lowest BCUT2D eigenvalue weighted by atomic mass is 10.0. The summed E-state index contributed by atoms with van der Waals surface area (Å²) in [7, 11) is 0. The summed E-state index contributed by atoms with van der Waals surface area (Å²) in [5.41, 5.74) is 0.624. The van der Waals surface area contributed by atoms with Crippen molar-refractivity contribution in [3.05, 3.63) is 29.1 Å². The van der Waals surface area contributed by atoms with E-state index in [0.29, 0.717) is 5.56 Å². The molecule has 0 bridgehead atoms. The normalized spacial score (nSPS) is 16.4. The molecule has 1 aromatic rings. The number of amides is 1. The van der Waals surface area contributed by atoms with Gasteiger partial charge in [0.25, 0.3) is 5.91 Å². The number of hydrogen-bond acceptors (Lipinski definition) is 3. The lowest BCUT2D eigenvalue weighted by Gasteiger charge is -2.11. The molecule has 104 valence electrons. The van der Waals surface area contributed by atoms with Gasteiger partial charge in [0, 0.05) is 12.0 Å². The molecule has 1 N–H and O–H groups in total. The summed E-state index contributed by atoms with van der Waals surface area (Å²) in [6, 6.07) is 2.63. The monoisotopic (exact) mass is 275 g/mol. The van der Waals surface area contributed by atoms with E-state index in [1.54, 1.807) is 6.92 Å². The molecule has 0 aromatic heterocycles. The van der Waals surface area contributed by atoms with Gasteiger partial charge < -0.3 is 10.1 Å². The summed E-state index contributed by atoms with van der Waals surface area (Å²) in [5, 5.41) is 2.44. The summed E-state index contributed by atoms with van der Waals surface area (Å²) in [4.78, 5) is 23.3. The summed E-state index contributed by atoms with van der Waals surface area (Å²) >= 11 is 0. The Morgan fingerprint density at radius 3 is 3.05 bits per heavy atom. The average molecular weight is 275 g/mol. The molecule has 0 fully saturated rings. The third kappa shape index (κ3) is 2.64. The van der Waals surface area contributed by atoms with Gasteiger partial charge >= 0.3 is 0 Å². The number of fused-ring (bicyclic) bond motifs is 1. The second-order valence-electron chi connectivity index (χ2n) is 4.63. The van der Waals surface area contributed by atoms with E-state index in [9.17, 15) is 14.0 Å². The van der Waals surface area contributed by atoms with Crippen molar-refractivity contribution in [2.24, 2.45) is 0 Å². The lowest BCUT2D eigenvalue weighted by Crippen LogP contribution is -2.29. The van der Waals surface area contributed by atoms with Crippen LogP contribution in [0.5, 0.6) is 5.75 Å². The van der Waals surface area contributed by atoms with Gasteiger partial charge in [-0.3, -0.25) is 9.59 Å². The highest BCUT2D eigenvalue weighted by molar-refractivity contribution is 6.03. The molecule has 1 aromatic carbocycles. The highest BCUT2D eigenvalue weighted by Crippen LogP contribution is 2.39. The maximum absolute atomic E-state index is 13.8. The molecule has 0 saturated heterocycles. The van der Waals surface area contributed by atoms with E-state index in [1.807, 2.05) is 0 Å². The van der Waals surface area contributed by atoms with E-state index < -0.39 is 5.82 Å². The van der Waals surface area contributed by atoms with Crippen molar-refractivity contribution in [3.63, 3.8) is 0 Å². The van der Waals surface area contributed by atoms with E-state index >= 15 is 0 Å². The Morgan fingerprint density at radius 1 is 1.60 bits per heavy atom. The van der Waals surface area contributed by atoms with E-state index in [0.717, 1.165) is 0 Å². The van der Waals surface area contributed by atoms with Crippen LogP contribution in [-0.4, -0.2) is 24.8 Å². The lowest BCUT2D eigenvalue weighted by molar-refractivity contribution is -0.122. The van der Waals surface area contributed by atoms with Gasteiger partial charge in [-0.25, -0.2) is 4.39 Å². The smallest absolute Gasteiger partial charge is 0.258 e. The van der Waals surface area contributed by atoms with E-state index in [2.05, 4.69) is 11.2 Å². The molecule has 0 saturated carbocycles. The molecule has 1 atom stereocenters. The first kappa shape index (κ1) is 14.1. The summed E-state index contributed by atoms with van der Waals surface area (Å²) < 4.78 is 19.1. The average Bonchev–Trinajstić information content (AvgIpc) is 2.72. The standard InChI is InChI=1S/C15H14FNO3/c1-3-6-17-13(19)8-20-12-5-4-10(16)14-9(2)7-11(18)15(12)14/h1,4-5,9H,6-8H2,2H3,(H,17,19)/t9-/m0/s1. The second-order valence-corrected chi connectivity index (χ2v) is 4.63. The molecule has 0 aliphatic heterocycles. The Kier molecular flexibility index (Phi) is 4.04. The molecule has 0 radical (unpaired) electrons. The Hall–Kier alpha value is -2.35. The van der Waals surface area contributed by atoms with E-state index in [4.69, 9.17) is 11.2 Å². The maximum Gasteiger partial charge on any atom is 0.258 e. The molecule has 0 spiro atoms. The van der Waals surface area contributed by atoms with Gasteiger partial charge in [0.15, 0.2) is 12.4 Å². The molecular formula is C15H14FNO3. The Morgan fingerprint density at radius 2 is 2.35 bits per heavy atom. The van der Waals surface area contributed by atoms with Crippen LogP contribution in [0.3, 0.4) is 0 Å². The number of ether oxygens (including phenoxy) is 1. The van der Waals surface area contributed by atoms with Crippen molar-refractivity contribution in [2.45, 2.75) is 19.3 Å². The number of carbonyl (C=O) groups excluding carboxylic acids is 2. The van der Waals surface area contributed by atoms with E-state index in [-0.39, 0.29) is 48.5 Å². The largest absolute Gasteiger partial charge is 0.483 e. The molecule has 4 nitrogen and oxygen atoms in total. The Balaban J connectivity index is 2.17. The van der Waals surface area contributed by atoms with E-state index in [1.165, 1.54) is 12.1 Å². The summed E-state index contributed by atoms with van der Waals surface area (Å²) in [6.45, 7) is 1.64. The van der Waals surface area contributed by atoms with Crippen LogP contribution in [0.25, 0.3) is 0 Å². The van der Waals surface area contributed by atoms with Gasteiger partial charge in [0.2, 0.25) is 0 Å². The number of nitrogens with one attached hydrogen (secondary N) is 1. The molecular weight excluding hydrogens is 261 g/mol. The fourth-order valence-corrected chi connectivity index (χ4v) is 2.29. The predicted molar refractivity (Wildman–Crippen MR) is 71.1 cm³/mol. The minimum atomic E-state index is -0.414. The van der Waals surface area contributed by atoms with Gasteiger partial charge in [-0.1, -0.05) is 12.8 Å². The molecule has 5 heteroatoms. The Bertz CT molecular complexity index is 604. The zero-order valence-corrected chi connectivity index (χ0v) is 11.0. The highest BCUT2D eigenvalue weighted by Gasteiger charge is 2.32. The minimum absolute atomic E-state index is 0.111. The highest BCUT2D eigenvalue weighted by atomic mass is 19.1. The van der Waals surface area contributed by atoms with Crippen molar-refractivity contribution >= 4 is 11.7 Å². The van der Waals surface area contributed by atoms with Crippen LogP contribution < -0.4 is 10.1 Å². The zero-order valence-electron chi connectivity index (χ0n) is 11.0. The summed E-state index contributed by atoms with van der Waals surface area (Å²) in [5.74, 6) is 1.37. The minimum Gasteiger partial charge on any atom is -0.483 e. The number of terminal acetylenes is 1. The van der Waals surface area contributed by atoms with Crippen LogP contribution in [0.1, 0.15) is 35.2 Å². The summed E-state index contributed by atoms with van der Waals surface area (Å²) in [6.07, 6.45) is 5.28. The van der Waals surface area contributed by atoms with Gasteiger partial charge in [-0.15, -0.1) is 6.42 Å². The molecule has 20 heavy (non-hydrogen) atoms. The number of benzene rings is 1. The van der Waals surface area contributed by atoms with Gasteiger partial charge in [-0.2, -0.15) is 0 Å². The van der Waals surface area contributed by atoms with Crippen molar-refractivity contribution in [1.29, 1.82) is 0 Å². The molecule has 1 amide bonds. The maximum atomic E-state index is 13.8. The number of halogens is 1. The quantitative estimate of drug-likeness (QED) is 0.850. The predicted octanol–water partition coefficient (Wildman–Crippen LogP) is 1.64. The van der Waals surface area contributed by atoms with Gasteiger partial charge in [-0.05, 0) is 18.1 Å². The second kappa shape index (κ2) is 5.74. The van der Waals surface area contributed by atoms with Gasteiger partial charge in [0.1, 0.15) is 11.6 Å². The van der Waals surface area contributed by atoms with Crippen molar-refractivity contribution in [2.75, 3.05) is 13.2 Å². The van der Waals surface area contributed by atoms with Crippen molar-refractivity contribution in [1.82, 2.24) is 5.32 Å².